The Hall–Kier alpha value is -0.570. The second-order valence-electron chi connectivity index (χ2n) is 2.22. The van der Waals surface area contributed by atoms with Crippen LogP contribution in [0.4, 0.5) is 5.69 Å². The van der Waals surface area contributed by atoms with Crippen LogP contribution in [0.5, 0.6) is 0 Å². The van der Waals surface area contributed by atoms with E-state index in [0.717, 1.165) is 0 Å². The molecule has 0 aromatic heterocycles. The second kappa shape index (κ2) is 6.11. The Kier molecular flexibility index (Phi) is 5.88. The van der Waals surface area contributed by atoms with E-state index < -0.39 is 10.4 Å². The number of hydrogen-bond donors (Lipinski definition) is 4. The molecule has 1 aromatic rings. The molecule has 1 rings (SSSR count). The normalized spacial score (nSPS) is 10.2. The van der Waals surface area contributed by atoms with Crippen molar-refractivity contribution in [1.29, 1.82) is 0 Å². The molecule has 0 bridgehead atoms. The van der Waals surface area contributed by atoms with Crippen molar-refractivity contribution in [2.24, 2.45) is 5.84 Å². The molecular weight excluding hydrogens is 267 g/mol. The van der Waals surface area contributed by atoms with E-state index in [4.69, 9.17) is 46.6 Å². The highest BCUT2D eigenvalue weighted by Gasteiger charge is 1.96. The van der Waals surface area contributed by atoms with Crippen molar-refractivity contribution in [1.82, 2.24) is 0 Å². The zero-order valence-corrected chi connectivity index (χ0v) is 9.51. The molecule has 0 saturated heterocycles. The average molecular weight is 275 g/mol. The van der Waals surface area contributed by atoms with Crippen LogP contribution < -0.4 is 11.3 Å². The minimum atomic E-state index is -4.67. The quantitative estimate of drug-likeness (QED) is 0.352. The highest BCUT2D eigenvalue weighted by Crippen LogP contribution is 2.23. The maximum Gasteiger partial charge on any atom is 0.394 e. The highest BCUT2D eigenvalue weighted by molar-refractivity contribution is 7.79. The van der Waals surface area contributed by atoms with E-state index in [1.165, 1.54) is 0 Å². The number of benzene rings is 1. The molecule has 0 fully saturated rings. The van der Waals surface area contributed by atoms with Crippen LogP contribution in [-0.4, -0.2) is 17.5 Å². The van der Waals surface area contributed by atoms with E-state index in [9.17, 15) is 0 Å². The highest BCUT2D eigenvalue weighted by atomic mass is 35.5. The number of nitrogen functional groups attached to an aromatic ring is 1. The van der Waals surface area contributed by atoms with E-state index in [-0.39, 0.29) is 0 Å². The summed E-state index contributed by atoms with van der Waals surface area (Å²) in [5, 5.41) is 1.12. The van der Waals surface area contributed by atoms with Gasteiger partial charge in [-0.3, -0.25) is 14.9 Å². The first-order valence-electron chi connectivity index (χ1n) is 3.35. The SMILES string of the molecule is NNc1ccc(Cl)cc1Cl.O=S(=O)(O)O. The molecule has 6 nitrogen and oxygen atoms in total. The predicted octanol–water partition coefficient (Wildman–Crippen LogP) is 1.63. The van der Waals surface area contributed by atoms with Crippen molar-refractivity contribution in [3.63, 3.8) is 0 Å². The lowest BCUT2D eigenvalue weighted by Gasteiger charge is -2.01. The summed E-state index contributed by atoms with van der Waals surface area (Å²) < 4.78 is 31.6. The molecule has 0 unspecified atom stereocenters. The van der Waals surface area contributed by atoms with Gasteiger partial charge in [0.2, 0.25) is 0 Å². The second-order valence-corrected chi connectivity index (χ2v) is 3.96. The summed E-state index contributed by atoms with van der Waals surface area (Å²) in [6.45, 7) is 0. The van der Waals surface area contributed by atoms with Crippen LogP contribution in [0.1, 0.15) is 0 Å². The van der Waals surface area contributed by atoms with Crippen molar-refractivity contribution in [2.45, 2.75) is 0 Å². The Morgan fingerprint density at radius 1 is 1.27 bits per heavy atom. The number of anilines is 1. The Morgan fingerprint density at radius 2 is 1.73 bits per heavy atom. The molecule has 0 aliphatic heterocycles. The van der Waals surface area contributed by atoms with Gasteiger partial charge in [-0.15, -0.1) is 0 Å². The number of halogens is 2. The number of hydrogen-bond acceptors (Lipinski definition) is 4. The van der Waals surface area contributed by atoms with E-state index >= 15 is 0 Å². The van der Waals surface area contributed by atoms with Crippen LogP contribution in [0.2, 0.25) is 10.0 Å². The van der Waals surface area contributed by atoms with Crippen molar-refractivity contribution in [3.05, 3.63) is 28.2 Å². The average Bonchev–Trinajstić information content (AvgIpc) is 2.01. The van der Waals surface area contributed by atoms with Gasteiger partial charge in [-0.2, -0.15) is 8.42 Å². The molecule has 15 heavy (non-hydrogen) atoms. The third kappa shape index (κ3) is 8.43. The van der Waals surface area contributed by atoms with Crippen LogP contribution in [-0.2, 0) is 10.4 Å². The summed E-state index contributed by atoms with van der Waals surface area (Å²) >= 11 is 11.3. The van der Waals surface area contributed by atoms with Gasteiger partial charge in [0.1, 0.15) is 0 Å². The van der Waals surface area contributed by atoms with Gasteiger partial charge in [0.05, 0.1) is 10.7 Å². The first-order valence-corrected chi connectivity index (χ1v) is 5.51. The maximum absolute atomic E-state index is 8.74. The fraction of sp³-hybridized carbons (Fsp3) is 0. The van der Waals surface area contributed by atoms with E-state index in [2.05, 4.69) is 5.43 Å². The van der Waals surface area contributed by atoms with Gasteiger partial charge in [0.15, 0.2) is 0 Å². The molecule has 0 atom stereocenters. The lowest BCUT2D eigenvalue weighted by Crippen LogP contribution is -2.06. The summed E-state index contributed by atoms with van der Waals surface area (Å²) in [5.74, 6) is 5.12. The van der Waals surface area contributed by atoms with Crippen LogP contribution in [0.15, 0.2) is 18.2 Å². The van der Waals surface area contributed by atoms with Crippen LogP contribution in [0.25, 0.3) is 0 Å². The van der Waals surface area contributed by atoms with Gasteiger partial charge in [0, 0.05) is 5.02 Å². The van der Waals surface area contributed by atoms with Gasteiger partial charge >= 0.3 is 10.4 Å². The Labute approximate surface area is 96.5 Å². The molecule has 0 saturated carbocycles. The monoisotopic (exact) mass is 274 g/mol. The summed E-state index contributed by atoms with van der Waals surface area (Å²) in [6, 6.07) is 5.05. The fourth-order valence-electron chi connectivity index (χ4n) is 0.607. The van der Waals surface area contributed by atoms with Crippen molar-refractivity contribution in [3.8, 4) is 0 Å². The molecule has 0 amide bonds. The van der Waals surface area contributed by atoms with Crippen LogP contribution in [0, 0.1) is 0 Å². The van der Waals surface area contributed by atoms with Crippen LogP contribution in [0.3, 0.4) is 0 Å². The molecule has 9 heteroatoms. The van der Waals surface area contributed by atoms with Crippen molar-refractivity contribution in [2.75, 3.05) is 5.43 Å². The topological polar surface area (TPSA) is 113 Å². The van der Waals surface area contributed by atoms with Gasteiger partial charge in [-0.1, -0.05) is 23.2 Å². The zero-order valence-electron chi connectivity index (χ0n) is 7.18. The smallest absolute Gasteiger partial charge is 0.323 e. The predicted molar refractivity (Wildman–Crippen MR) is 58.4 cm³/mol. The molecule has 0 aliphatic carbocycles. The summed E-state index contributed by atoms with van der Waals surface area (Å²) in [6.07, 6.45) is 0. The summed E-state index contributed by atoms with van der Waals surface area (Å²) in [7, 11) is -4.67. The lowest BCUT2D eigenvalue weighted by atomic mass is 10.3. The number of hydrazine groups is 1. The lowest BCUT2D eigenvalue weighted by molar-refractivity contribution is 0.381. The van der Waals surface area contributed by atoms with Gasteiger partial charge in [-0.25, -0.2) is 0 Å². The molecule has 86 valence electrons. The summed E-state index contributed by atoms with van der Waals surface area (Å²) in [4.78, 5) is 0. The molecule has 1 aromatic carbocycles. The molecule has 5 N–H and O–H groups in total. The van der Waals surface area contributed by atoms with E-state index in [1.54, 1.807) is 18.2 Å². The van der Waals surface area contributed by atoms with E-state index in [1.807, 2.05) is 0 Å². The third-order valence-corrected chi connectivity index (χ3v) is 1.63. The maximum atomic E-state index is 8.74. The Morgan fingerprint density at radius 3 is 2.07 bits per heavy atom. The number of nitrogens with two attached hydrogens (primary N) is 1. The van der Waals surface area contributed by atoms with E-state index in [0.29, 0.717) is 15.7 Å². The Balaban J connectivity index is 0.000000336. The molecule has 0 heterocycles. The molecule has 0 aliphatic rings. The standard InChI is InChI=1S/C6H6Cl2N2.H2O4S/c7-4-1-2-6(10-9)5(8)3-4;1-5(2,3)4/h1-3,10H,9H2;(H2,1,2,3,4). The van der Waals surface area contributed by atoms with Gasteiger partial charge in [-0.05, 0) is 18.2 Å². The molecule has 0 radical (unpaired) electrons. The minimum absolute atomic E-state index is 0.523. The van der Waals surface area contributed by atoms with Gasteiger partial charge < -0.3 is 5.43 Å². The molecule has 0 spiro atoms. The minimum Gasteiger partial charge on any atom is -0.323 e. The van der Waals surface area contributed by atoms with Crippen molar-refractivity contribution >= 4 is 39.3 Å². The molecular formula is C6H8Cl2N2O4S. The zero-order chi connectivity index (χ0) is 12.1. The third-order valence-electron chi connectivity index (χ3n) is 1.09. The fourth-order valence-corrected chi connectivity index (χ4v) is 1.07. The first-order chi connectivity index (χ1) is 6.74. The number of nitrogens with one attached hydrogen (secondary N) is 1. The summed E-state index contributed by atoms with van der Waals surface area (Å²) in [5.41, 5.74) is 3.10. The Bertz CT molecular complexity index is 415. The van der Waals surface area contributed by atoms with Gasteiger partial charge in [0.25, 0.3) is 0 Å². The van der Waals surface area contributed by atoms with Crippen molar-refractivity contribution < 1.29 is 17.5 Å². The van der Waals surface area contributed by atoms with Crippen LogP contribution >= 0.6 is 23.2 Å². The number of rotatable bonds is 1. The largest absolute Gasteiger partial charge is 0.394 e. The first kappa shape index (κ1) is 14.4.